The predicted octanol–water partition coefficient (Wildman–Crippen LogP) is 8.97. The molecule has 0 aliphatic carbocycles. The van der Waals surface area contributed by atoms with E-state index in [1.54, 1.807) is 67.6 Å². The number of ether oxygens (including phenoxy) is 2. The summed E-state index contributed by atoms with van der Waals surface area (Å²) in [6, 6.07) is 20.5. The number of fused-ring (bicyclic) bond motifs is 2. The molecule has 13 nitrogen and oxygen atoms in total. The van der Waals surface area contributed by atoms with Gasteiger partial charge in [0.25, 0.3) is 19.1 Å². The Morgan fingerprint density at radius 3 is 1.66 bits per heavy atom. The zero-order valence-corrected chi connectivity index (χ0v) is 36.3. The number of amides is 2. The first kappa shape index (κ1) is 44.2. The van der Waals surface area contributed by atoms with Crippen molar-refractivity contribution in [1.82, 2.24) is 9.97 Å². The number of carbonyl (C=O) groups is 2. The van der Waals surface area contributed by atoms with Gasteiger partial charge in [-0.3, -0.25) is 9.59 Å². The summed E-state index contributed by atoms with van der Waals surface area (Å²) in [6.07, 6.45) is 3.13. The van der Waals surface area contributed by atoms with Crippen molar-refractivity contribution in [2.75, 3.05) is 28.6 Å². The molecule has 0 radical (unpaired) electrons. The quantitative estimate of drug-likeness (QED) is 0.102. The number of aryl methyl sites for hydroxylation is 1. The normalized spacial score (nSPS) is 16.0. The molecule has 2 amide bonds. The third-order valence-corrected chi connectivity index (χ3v) is 12.9. The second kappa shape index (κ2) is 18.9. The average molecular weight is 942 g/mol. The minimum atomic E-state index is -3.89. The smallest absolute Gasteiger partial charge is 0.264 e. The molecule has 0 spiro atoms. The van der Waals surface area contributed by atoms with Gasteiger partial charge >= 0.3 is 0 Å². The molecule has 3 heterocycles. The largest absolute Gasteiger partial charge is 0.492 e. The molecule has 2 aliphatic rings. The van der Waals surface area contributed by atoms with E-state index in [1.807, 2.05) is 0 Å². The lowest BCUT2D eigenvalue weighted by Crippen LogP contribution is -2.31. The summed E-state index contributed by atoms with van der Waals surface area (Å²) in [4.78, 5) is 32.8. The maximum atomic E-state index is 12.8. The number of carbonyl (C=O) groups excluding carboxylic acids is 2. The van der Waals surface area contributed by atoms with Crippen LogP contribution in [0.3, 0.4) is 0 Å². The highest BCUT2D eigenvalue weighted by Gasteiger charge is 2.29. The molecule has 0 fully saturated rings. The van der Waals surface area contributed by atoms with Crippen molar-refractivity contribution in [2.24, 2.45) is 11.8 Å². The summed E-state index contributed by atoms with van der Waals surface area (Å²) in [5.41, 5.74) is 3.26. The van der Waals surface area contributed by atoms with Gasteiger partial charge in [-0.1, -0.05) is 46.4 Å². The Hall–Kier alpha value is -4.35. The van der Waals surface area contributed by atoms with Gasteiger partial charge in [-0.2, -0.15) is 0 Å². The fraction of sp³-hybridized carbons (Fsp3) is 0.231. The Bertz CT molecular complexity index is 2640. The number of sulfonamides is 1. The molecule has 310 valence electrons. The van der Waals surface area contributed by atoms with E-state index in [4.69, 9.17) is 66.6 Å². The van der Waals surface area contributed by atoms with Crippen LogP contribution in [0.1, 0.15) is 29.7 Å². The van der Waals surface area contributed by atoms with Crippen molar-refractivity contribution in [3.63, 3.8) is 0 Å². The van der Waals surface area contributed by atoms with Crippen LogP contribution in [0, 0.1) is 18.8 Å². The molecule has 4 aromatic carbocycles. The van der Waals surface area contributed by atoms with E-state index in [0.717, 1.165) is 11.1 Å². The molecule has 0 saturated carbocycles. The molecule has 1 aromatic heterocycles. The van der Waals surface area contributed by atoms with E-state index < -0.39 is 19.1 Å². The van der Waals surface area contributed by atoms with Crippen molar-refractivity contribution < 1.29 is 35.9 Å². The molecule has 20 heteroatoms. The number of aromatic nitrogens is 2. The molecule has 0 bridgehead atoms. The fourth-order valence-corrected chi connectivity index (χ4v) is 8.91. The van der Waals surface area contributed by atoms with Crippen LogP contribution in [0.15, 0.2) is 94.9 Å². The van der Waals surface area contributed by atoms with Crippen LogP contribution >= 0.6 is 57.1 Å². The van der Waals surface area contributed by atoms with Crippen LogP contribution < -0.4 is 24.8 Å². The number of hydrogen-bond donors (Lipinski definition) is 3. The first-order chi connectivity index (χ1) is 27.9. The molecule has 0 saturated heterocycles. The van der Waals surface area contributed by atoms with Crippen LogP contribution in [-0.2, 0) is 41.5 Å². The second-order valence-electron chi connectivity index (χ2n) is 13.4. The summed E-state index contributed by atoms with van der Waals surface area (Å²) in [7, 11) is -2.33. The number of anilines is 3. The van der Waals surface area contributed by atoms with Gasteiger partial charge in [0.2, 0.25) is 17.8 Å². The van der Waals surface area contributed by atoms with Crippen LogP contribution in [-0.4, -0.2) is 51.8 Å². The zero-order valence-electron chi connectivity index (χ0n) is 30.8. The Morgan fingerprint density at radius 2 is 1.19 bits per heavy atom. The maximum absolute atomic E-state index is 12.8. The van der Waals surface area contributed by atoms with E-state index in [1.165, 1.54) is 24.4 Å². The van der Waals surface area contributed by atoms with Gasteiger partial charge in [-0.05, 0) is 123 Å². The van der Waals surface area contributed by atoms with E-state index in [-0.39, 0.29) is 52.6 Å². The van der Waals surface area contributed by atoms with E-state index in [0.29, 0.717) is 74.3 Å². The molecule has 2 aliphatic heterocycles. The van der Waals surface area contributed by atoms with Crippen LogP contribution in [0.2, 0.25) is 20.1 Å². The molecule has 59 heavy (non-hydrogen) atoms. The minimum Gasteiger partial charge on any atom is -0.492 e. The average Bonchev–Trinajstić information content (AvgIpc) is 3.16. The van der Waals surface area contributed by atoms with Crippen molar-refractivity contribution in [1.29, 1.82) is 0 Å². The monoisotopic (exact) mass is 939 g/mol. The van der Waals surface area contributed by atoms with E-state index >= 15 is 0 Å². The second-order valence-corrected chi connectivity index (χ2v) is 19.3. The summed E-state index contributed by atoms with van der Waals surface area (Å²) < 4.78 is 62.3. The van der Waals surface area contributed by atoms with Gasteiger partial charge in [0.05, 0.1) is 33.0 Å². The van der Waals surface area contributed by atoms with Gasteiger partial charge in [0.15, 0.2) is 0 Å². The molecule has 2 atom stereocenters. The number of rotatable bonds is 12. The summed E-state index contributed by atoms with van der Waals surface area (Å²) in [6.45, 7) is 2.28. The van der Waals surface area contributed by atoms with Crippen molar-refractivity contribution in [3.05, 3.63) is 122 Å². The molecular formula is C39H34Cl5N5O8S2. The molecule has 3 N–H and O–H groups in total. The number of hydrogen-bond acceptors (Lipinski definition) is 10. The van der Waals surface area contributed by atoms with E-state index in [9.17, 15) is 26.4 Å². The minimum absolute atomic E-state index is 0.00286. The molecule has 2 unspecified atom stereocenters. The third kappa shape index (κ3) is 11.7. The van der Waals surface area contributed by atoms with Gasteiger partial charge < -0.3 is 20.1 Å². The first-order valence-corrected chi connectivity index (χ1v) is 23.1. The third-order valence-electron chi connectivity index (χ3n) is 9.19. The highest BCUT2D eigenvalue weighted by molar-refractivity contribution is 8.13. The maximum Gasteiger partial charge on any atom is 0.264 e. The molecule has 5 aromatic rings. The Kier molecular flexibility index (Phi) is 14.2. The van der Waals surface area contributed by atoms with Gasteiger partial charge in [0, 0.05) is 55.8 Å². The topological polar surface area (TPSA) is 183 Å². The standard InChI is InChI=1S/C22H20Cl2N4O4S.C17H14Cl3NO4S/c1-13-6-8-25-22(26-13)28-33(30,31)17-3-4-19-15(11-17)10-14(21(29)27-19)7-9-32-20-5-2-16(23)12-18(20)24;18-12-1-4-16(14(19)9-12)25-6-5-10-7-11-8-13(26(20,23)24)2-3-15(11)21-17(10)22/h2-6,8,11-12,14H,7,9-10H2,1H3,(H,27,29)(H,25,26,28);1-4,8-10H,5-7H2,(H,21,22). The zero-order chi connectivity index (χ0) is 42.5. The molecule has 7 rings (SSSR count). The lowest BCUT2D eigenvalue weighted by atomic mass is 9.91. The summed E-state index contributed by atoms with van der Waals surface area (Å²) >= 11 is 23.9. The lowest BCUT2D eigenvalue weighted by Gasteiger charge is -2.25. The van der Waals surface area contributed by atoms with Crippen LogP contribution in [0.25, 0.3) is 0 Å². The van der Waals surface area contributed by atoms with Gasteiger partial charge in [-0.15, -0.1) is 0 Å². The van der Waals surface area contributed by atoms with E-state index in [2.05, 4.69) is 25.3 Å². The first-order valence-electron chi connectivity index (χ1n) is 17.8. The SMILES string of the molecule is Cc1ccnc(NS(=O)(=O)c2ccc3c(c2)CC(CCOc2ccc(Cl)cc2Cl)C(=O)N3)n1.O=C1Nc2ccc(S(=O)(=O)Cl)cc2CC1CCOc1ccc(Cl)cc1Cl. The summed E-state index contributed by atoms with van der Waals surface area (Å²) in [5.74, 6) is -0.0351. The number of benzene rings is 4. The Labute approximate surface area is 365 Å². The summed E-state index contributed by atoms with van der Waals surface area (Å²) in [5, 5.41) is 7.42. The number of halogens is 5. The highest BCUT2D eigenvalue weighted by Crippen LogP contribution is 2.34. The van der Waals surface area contributed by atoms with Gasteiger partial charge in [-0.25, -0.2) is 31.5 Å². The Morgan fingerprint density at radius 1 is 0.695 bits per heavy atom. The van der Waals surface area contributed by atoms with Crippen molar-refractivity contribution >= 4 is 105 Å². The predicted molar refractivity (Wildman–Crippen MR) is 228 cm³/mol. The van der Waals surface area contributed by atoms with Crippen LogP contribution in [0.4, 0.5) is 17.3 Å². The van der Waals surface area contributed by atoms with Crippen molar-refractivity contribution in [3.8, 4) is 11.5 Å². The van der Waals surface area contributed by atoms with Crippen LogP contribution in [0.5, 0.6) is 11.5 Å². The van der Waals surface area contributed by atoms with Gasteiger partial charge in [0.1, 0.15) is 11.5 Å². The highest BCUT2D eigenvalue weighted by atomic mass is 35.7. The Balaban J connectivity index is 0.000000204. The molecular weight excluding hydrogens is 908 g/mol. The fourth-order valence-electron chi connectivity index (χ4n) is 6.18. The lowest BCUT2D eigenvalue weighted by molar-refractivity contribution is -0.121. The number of nitrogens with zero attached hydrogens (tertiary/aromatic N) is 2. The van der Waals surface area contributed by atoms with Crippen molar-refractivity contribution in [2.45, 2.75) is 42.4 Å². The number of nitrogens with one attached hydrogen (secondary N) is 3.